The van der Waals surface area contributed by atoms with E-state index in [2.05, 4.69) is 0 Å². The van der Waals surface area contributed by atoms with Crippen LogP contribution in [0.5, 0.6) is 0 Å². The highest BCUT2D eigenvalue weighted by molar-refractivity contribution is 7.98. The highest BCUT2D eigenvalue weighted by atomic mass is 32.2. The van der Waals surface area contributed by atoms with Gasteiger partial charge in [-0.15, -0.1) is 11.8 Å². The van der Waals surface area contributed by atoms with Gasteiger partial charge in [0.1, 0.15) is 5.82 Å². The van der Waals surface area contributed by atoms with Crippen LogP contribution in [0.25, 0.3) is 6.08 Å². The molecule has 0 spiro atoms. The van der Waals surface area contributed by atoms with Gasteiger partial charge in [-0.2, -0.15) is 0 Å². The molecule has 70 valence electrons. The molecule has 0 aliphatic heterocycles. The summed E-state index contributed by atoms with van der Waals surface area (Å²) in [4.78, 5) is 0.935. The van der Waals surface area contributed by atoms with Gasteiger partial charge in [-0.3, -0.25) is 0 Å². The van der Waals surface area contributed by atoms with Gasteiger partial charge in [0.15, 0.2) is 0 Å². The Morgan fingerprint density at radius 1 is 1.54 bits per heavy atom. The molecule has 0 radical (unpaired) electrons. The second kappa shape index (κ2) is 5.04. The maximum absolute atomic E-state index is 13.3. The molecule has 0 atom stereocenters. The molecule has 1 nitrogen and oxygen atoms in total. The van der Waals surface area contributed by atoms with E-state index in [0.717, 1.165) is 4.90 Å². The van der Waals surface area contributed by atoms with Crippen molar-refractivity contribution in [2.45, 2.75) is 4.90 Å². The van der Waals surface area contributed by atoms with Gasteiger partial charge >= 0.3 is 0 Å². The van der Waals surface area contributed by atoms with E-state index in [1.165, 1.54) is 17.8 Å². The molecular weight excluding hydrogens is 185 g/mol. The Morgan fingerprint density at radius 2 is 2.31 bits per heavy atom. The summed E-state index contributed by atoms with van der Waals surface area (Å²) >= 11 is 1.53. The van der Waals surface area contributed by atoms with Gasteiger partial charge in [-0.1, -0.05) is 18.2 Å². The molecule has 0 fully saturated rings. The molecule has 0 saturated heterocycles. The maximum atomic E-state index is 13.3. The second-order valence-electron chi connectivity index (χ2n) is 2.49. The van der Waals surface area contributed by atoms with Crippen LogP contribution in [0.2, 0.25) is 0 Å². The number of rotatable bonds is 3. The predicted octanol–water partition coefficient (Wildman–Crippen LogP) is 2.52. The first kappa shape index (κ1) is 10.3. The van der Waals surface area contributed by atoms with Crippen molar-refractivity contribution in [1.29, 1.82) is 0 Å². The summed E-state index contributed by atoms with van der Waals surface area (Å²) < 4.78 is 13.3. The molecule has 13 heavy (non-hydrogen) atoms. The molecule has 0 bridgehead atoms. The molecule has 0 aliphatic carbocycles. The summed E-state index contributed by atoms with van der Waals surface area (Å²) in [5, 5.41) is 0. The summed E-state index contributed by atoms with van der Waals surface area (Å²) in [5.41, 5.74) is 5.93. The Hall–Kier alpha value is -0.800. The summed E-state index contributed by atoms with van der Waals surface area (Å²) in [6.07, 6.45) is 5.40. The number of thioether (sulfide) groups is 1. The van der Waals surface area contributed by atoms with E-state index in [1.54, 1.807) is 18.2 Å². The molecule has 0 aliphatic rings. The van der Waals surface area contributed by atoms with Crippen molar-refractivity contribution in [3.63, 3.8) is 0 Å². The van der Waals surface area contributed by atoms with Crippen LogP contribution in [0.15, 0.2) is 29.2 Å². The molecule has 1 aromatic rings. The quantitative estimate of drug-likeness (QED) is 0.753. The number of hydrogen-bond donors (Lipinski definition) is 1. The number of benzene rings is 1. The zero-order chi connectivity index (χ0) is 9.68. The van der Waals surface area contributed by atoms with E-state index in [0.29, 0.717) is 12.1 Å². The van der Waals surface area contributed by atoms with Gasteiger partial charge in [0, 0.05) is 17.0 Å². The molecule has 0 aromatic heterocycles. The molecule has 0 amide bonds. The summed E-state index contributed by atoms with van der Waals surface area (Å²) in [5.74, 6) is -0.198. The van der Waals surface area contributed by atoms with Gasteiger partial charge < -0.3 is 5.73 Å². The largest absolute Gasteiger partial charge is 0.327 e. The van der Waals surface area contributed by atoms with Crippen molar-refractivity contribution in [1.82, 2.24) is 0 Å². The zero-order valence-electron chi connectivity index (χ0n) is 7.46. The SMILES string of the molecule is CSc1cccc(F)c1/C=C/CN. The van der Waals surface area contributed by atoms with Crippen LogP contribution >= 0.6 is 11.8 Å². The Morgan fingerprint density at radius 3 is 2.92 bits per heavy atom. The van der Waals surface area contributed by atoms with Crippen LogP contribution in [-0.2, 0) is 0 Å². The van der Waals surface area contributed by atoms with Crippen LogP contribution in [0.3, 0.4) is 0 Å². The van der Waals surface area contributed by atoms with E-state index in [4.69, 9.17) is 5.73 Å². The van der Waals surface area contributed by atoms with Gasteiger partial charge in [-0.05, 0) is 18.4 Å². The fourth-order valence-corrected chi connectivity index (χ4v) is 1.64. The molecule has 1 rings (SSSR count). The van der Waals surface area contributed by atoms with E-state index in [9.17, 15) is 4.39 Å². The van der Waals surface area contributed by atoms with E-state index >= 15 is 0 Å². The Kier molecular flexibility index (Phi) is 3.99. The van der Waals surface area contributed by atoms with Gasteiger partial charge in [0.25, 0.3) is 0 Å². The highest BCUT2D eigenvalue weighted by Crippen LogP contribution is 2.23. The molecule has 3 heteroatoms. The molecule has 0 saturated carbocycles. The van der Waals surface area contributed by atoms with E-state index in [-0.39, 0.29) is 5.82 Å². The molecule has 1 aromatic carbocycles. The van der Waals surface area contributed by atoms with Crippen molar-refractivity contribution in [3.05, 3.63) is 35.7 Å². The topological polar surface area (TPSA) is 26.0 Å². The van der Waals surface area contributed by atoms with Gasteiger partial charge in [0.05, 0.1) is 0 Å². The average molecular weight is 197 g/mol. The first-order chi connectivity index (χ1) is 6.29. The Balaban J connectivity index is 3.07. The minimum absolute atomic E-state index is 0.198. The van der Waals surface area contributed by atoms with Gasteiger partial charge in [0.2, 0.25) is 0 Å². The Bertz CT molecular complexity index is 310. The van der Waals surface area contributed by atoms with Crippen molar-refractivity contribution in [2.24, 2.45) is 5.73 Å². The van der Waals surface area contributed by atoms with Crippen molar-refractivity contribution in [3.8, 4) is 0 Å². The summed E-state index contributed by atoms with van der Waals surface area (Å²) in [6, 6.07) is 5.06. The smallest absolute Gasteiger partial charge is 0.131 e. The third kappa shape index (κ3) is 2.57. The standard InChI is InChI=1S/C10H12FNS/c1-13-10-6-2-5-9(11)8(10)4-3-7-12/h2-6H,7,12H2,1H3/b4-3+. The Labute approximate surface area is 81.8 Å². The van der Waals surface area contributed by atoms with Crippen molar-refractivity contribution < 1.29 is 4.39 Å². The van der Waals surface area contributed by atoms with E-state index in [1.807, 2.05) is 12.3 Å². The third-order valence-electron chi connectivity index (χ3n) is 1.65. The molecule has 2 N–H and O–H groups in total. The van der Waals surface area contributed by atoms with Crippen LogP contribution in [0, 0.1) is 5.82 Å². The predicted molar refractivity (Wildman–Crippen MR) is 56.3 cm³/mol. The minimum atomic E-state index is -0.198. The second-order valence-corrected chi connectivity index (χ2v) is 3.34. The fraction of sp³-hybridized carbons (Fsp3) is 0.200. The lowest BCUT2D eigenvalue weighted by molar-refractivity contribution is 0.621. The molecule has 0 heterocycles. The van der Waals surface area contributed by atoms with Gasteiger partial charge in [-0.25, -0.2) is 4.39 Å². The number of halogens is 1. The minimum Gasteiger partial charge on any atom is -0.327 e. The van der Waals surface area contributed by atoms with Crippen molar-refractivity contribution >= 4 is 17.8 Å². The van der Waals surface area contributed by atoms with Crippen LogP contribution in [0.4, 0.5) is 4.39 Å². The summed E-state index contributed by atoms with van der Waals surface area (Å²) in [6.45, 7) is 0.433. The summed E-state index contributed by atoms with van der Waals surface area (Å²) in [7, 11) is 0. The number of nitrogens with two attached hydrogens (primary N) is 1. The van der Waals surface area contributed by atoms with Crippen LogP contribution in [0.1, 0.15) is 5.56 Å². The fourth-order valence-electron chi connectivity index (χ4n) is 1.04. The average Bonchev–Trinajstić information content (AvgIpc) is 2.15. The first-order valence-electron chi connectivity index (χ1n) is 3.98. The lowest BCUT2D eigenvalue weighted by Crippen LogP contribution is -1.93. The molecule has 0 unspecified atom stereocenters. The zero-order valence-corrected chi connectivity index (χ0v) is 8.27. The lowest BCUT2D eigenvalue weighted by atomic mass is 10.2. The normalized spacial score (nSPS) is 11.0. The first-order valence-corrected chi connectivity index (χ1v) is 5.21. The van der Waals surface area contributed by atoms with Crippen LogP contribution in [-0.4, -0.2) is 12.8 Å². The maximum Gasteiger partial charge on any atom is 0.131 e. The van der Waals surface area contributed by atoms with Crippen LogP contribution < -0.4 is 5.73 Å². The molecular formula is C10H12FNS. The monoisotopic (exact) mass is 197 g/mol. The van der Waals surface area contributed by atoms with E-state index < -0.39 is 0 Å². The third-order valence-corrected chi connectivity index (χ3v) is 2.45. The highest BCUT2D eigenvalue weighted by Gasteiger charge is 2.02. The lowest BCUT2D eigenvalue weighted by Gasteiger charge is -2.02. The number of hydrogen-bond acceptors (Lipinski definition) is 2. The van der Waals surface area contributed by atoms with Crippen molar-refractivity contribution in [2.75, 3.05) is 12.8 Å².